The first kappa shape index (κ1) is 17.1. The van der Waals surface area contributed by atoms with Gasteiger partial charge in [0, 0.05) is 36.1 Å². The van der Waals surface area contributed by atoms with Gasteiger partial charge in [0.2, 0.25) is 10.0 Å². The van der Waals surface area contributed by atoms with E-state index in [4.69, 9.17) is 4.74 Å². The molecule has 0 spiro atoms. The van der Waals surface area contributed by atoms with Crippen molar-refractivity contribution in [2.45, 2.75) is 23.2 Å². The third-order valence-electron chi connectivity index (χ3n) is 5.31. The Kier molecular flexibility index (Phi) is 4.04. The molecule has 1 saturated carbocycles. The Labute approximate surface area is 153 Å². The second-order valence-corrected chi connectivity index (χ2v) is 9.01. The van der Waals surface area contributed by atoms with E-state index < -0.39 is 10.0 Å². The van der Waals surface area contributed by atoms with E-state index >= 15 is 0 Å². The number of nitrogens with zero attached hydrogens (tertiary/aromatic N) is 1. The number of sulfonamides is 1. The van der Waals surface area contributed by atoms with E-state index in [0.29, 0.717) is 12.3 Å². The monoisotopic (exact) mass is 370 g/mol. The first-order valence-electron chi connectivity index (χ1n) is 8.63. The lowest BCUT2D eigenvalue weighted by Crippen LogP contribution is -2.34. The molecule has 1 N–H and O–H groups in total. The zero-order valence-electron chi connectivity index (χ0n) is 14.9. The van der Waals surface area contributed by atoms with E-state index in [-0.39, 0.29) is 10.3 Å². The van der Waals surface area contributed by atoms with Crippen molar-refractivity contribution >= 4 is 20.9 Å². The predicted molar refractivity (Wildman–Crippen MR) is 102 cm³/mol. The molecular weight excluding hydrogens is 348 g/mol. The molecule has 0 unspecified atom stereocenters. The molecule has 0 atom stereocenters. The van der Waals surface area contributed by atoms with E-state index in [1.807, 2.05) is 24.4 Å². The van der Waals surface area contributed by atoms with E-state index in [0.717, 1.165) is 18.4 Å². The maximum Gasteiger partial charge on any atom is 0.242 e. The molecule has 6 heteroatoms. The van der Waals surface area contributed by atoms with Gasteiger partial charge in [0.05, 0.1) is 12.0 Å². The van der Waals surface area contributed by atoms with Crippen LogP contribution in [0.3, 0.4) is 0 Å². The van der Waals surface area contributed by atoms with Gasteiger partial charge in [0.15, 0.2) is 0 Å². The first-order chi connectivity index (χ1) is 12.5. The highest BCUT2D eigenvalue weighted by molar-refractivity contribution is 7.89. The molecule has 2 aromatic carbocycles. The summed E-state index contributed by atoms with van der Waals surface area (Å²) in [6, 6.07) is 14.7. The highest BCUT2D eigenvalue weighted by Crippen LogP contribution is 2.51. The Bertz CT molecular complexity index is 1030. The highest BCUT2D eigenvalue weighted by atomic mass is 32.2. The Hall–Kier alpha value is -2.31. The number of H-pyrrole nitrogens is 1. The Morgan fingerprint density at radius 1 is 1.12 bits per heavy atom. The first-order valence-corrected chi connectivity index (χ1v) is 10.1. The smallest absolute Gasteiger partial charge is 0.242 e. The van der Waals surface area contributed by atoms with Gasteiger partial charge in [0.25, 0.3) is 0 Å². The largest absolute Gasteiger partial charge is 0.497 e. The van der Waals surface area contributed by atoms with Crippen LogP contribution in [0, 0.1) is 0 Å². The number of likely N-dealkylation sites (N-methyl/N-ethyl adjacent to an activating group) is 1. The summed E-state index contributed by atoms with van der Waals surface area (Å²) in [4.78, 5) is 3.60. The quantitative estimate of drug-likeness (QED) is 0.722. The van der Waals surface area contributed by atoms with Gasteiger partial charge >= 0.3 is 0 Å². The number of hydrogen-bond donors (Lipinski definition) is 1. The number of nitrogens with one attached hydrogen (secondary N) is 1. The number of para-hydroxylation sites is 1. The summed E-state index contributed by atoms with van der Waals surface area (Å²) in [5, 5.41) is 1.18. The summed E-state index contributed by atoms with van der Waals surface area (Å²) in [5.41, 5.74) is 2.20. The van der Waals surface area contributed by atoms with Gasteiger partial charge in [-0.3, -0.25) is 0 Å². The molecule has 1 fully saturated rings. The molecule has 3 aromatic rings. The second kappa shape index (κ2) is 6.14. The minimum Gasteiger partial charge on any atom is -0.497 e. The molecule has 0 aliphatic heterocycles. The van der Waals surface area contributed by atoms with Gasteiger partial charge in [-0.1, -0.05) is 18.2 Å². The lowest BCUT2D eigenvalue weighted by Gasteiger charge is -2.23. The van der Waals surface area contributed by atoms with Gasteiger partial charge in [-0.05, 0) is 48.7 Å². The molecule has 1 aliphatic rings. The fraction of sp³-hybridized carbons (Fsp3) is 0.300. The average Bonchev–Trinajstić information content (AvgIpc) is 3.29. The summed E-state index contributed by atoms with van der Waals surface area (Å²) in [7, 11) is -0.310. The van der Waals surface area contributed by atoms with Crippen molar-refractivity contribution < 1.29 is 13.2 Å². The minimum atomic E-state index is -3.53. The number of rotatable bonds is 6. The Balaban J connectivity index is 1.61. The zero-order chi connectivity index (χ0) is 18.4. The third kappa shape index (κ3) is 2.79. The molecule has 26 heavy (non-hydrogen) atoms. The van der Waals surface area contributed by atoms with Crippen molar-refractivity contribution in [1.82, 2.24) is 9.29 Å². The van der Waals surface area contributed by atoms with Crippen molar-refractivity contribution in [2.75, 3.05) is 20.7 Å². The molecule has 1 aromatic heterocycles. The van der Waals surface area contributed by atoms with Gasteiger partial charge in [-0.2, -0.15) is 0 Å². The molecule has 136 valence electrons. The van der Waals surface area contributed by atoms with Crippen molar-refractivity contribution in [2.24, 2.45) is 0 Å². The van der Waals surface area contributed by atoms with Gasteiger partial charge in [-0.15, -0.1) is 0 Å². The molecule has 1 aliphatic carbocycles. The molecule has 5 nitrogen and oxygen atoms in total. The van der Waals surface area contributed by atoms with Crippen LogP contribution in [0.25, 0.3) is 10.9 Å². The number of ether oxygens (including phenoxy) is 1. The molecule has 0 amide bonds. The minimum absolute atomic E-state index is 0.103. The van der Waals surface area contributed by atoms with Crippen LogP contribution in [-0.2, 0) is 15.4 Å². The second-order valence-electron chi connectivity index (χ2n) is 6.96. The number of hydrogen-bond acceptors (Lipinski definition) is 3. The highest BCUT2D eigenvalue weighted by Gasteiger charge is 2.48. The van der Waals surface area contributed by atoms with Gasteiger partial charge < -0.3 is 9.72 Å². The molecule has 0 saturated heterocycles. The number of benzene rings is 2. The van der Waals surface area contributed by atoms with Crippen LogP contribution in [0.5, 0.6) is 5.75 Å². The van der Waals surface area contributed by atoms with Crippen LogP contribution in [0.15, 0.2) is 59.6 Å². The summed E-state index contributed by atoms with van der Waals surface area (Å²) < 4.78 is 32.5. The van der Waals surface area contributed by atoms with Crippen molar-refractivity contribution in [3.05, 3.63) is 60.3 Å². The molecule has 0 radical (unpaired) electrons. The van der Waals surface area contributed by atoms with Gasteiger partial charge in [0.1, 0.15) is 5.75 Å². The predicted octanol–water partition coefficient (Wildman–Crippen LogP) is 3.53. The number of aromatic amines is 1. The number of aromatic nitrogens is 1. The van der Waals surface area contributed by atoms with E-state index in [2.05, 4.69) is 11.1 Å². The molecule has 0 bridgehead atoms. The Morgan fingerprint density at radius 3 is 2.46 bits per heavy atom. The Morgan fingerprint density at radius 2 is 1.81 bits per heavy atom. The van der Waals surface area contributed by atoms with E-state index in [1.165, 1.54) is 15.3 Å². The van der Waals surface area contributed by atoms with Crippen LogP contribution < -0.4 is 4.74 Å². The van der Waals surface area contributed by atoms with E-state index in [9.17, 15) is 8.42 Å². The topological polar surface area (TPSA) is 62.4 Å². The summed E-state index contributed by atoms with van der Waals surface area (Å²) in [6.07, 6.45) is 4.03. The SMILES string of the molecule is COc1ccc(S(=O)(=O)N(C)CC2(c3c[nH]c4ccccc34)CC2)cc1. The van der Waals surface area contributed by atoms with Crippen molar-refractivity contribution in [1.29, 1.82) is 0 Å². The fourth-order valence-corrected chi connectivity index (χ4v) is 4.87. The standard InChI is InChI=1S/C20H22N2O3S/c1-22(26(23,24)16-9-7-15(25-2)8-10-16)14-20(11-12-20)18-13-21-19-6-4-3-5-17(18)19/h3-10,13,21H,11-12,14H2,1-2H3. The fourth-order valence-electron chi connectivity index (χ4n) is 3.61. The van der Waals surface area contributed by atoms with E-state index in [1.54, 1.807) is 38.4 Å². The van der Waals surface area contributed by atoms with Crippen LogP contribution >= 0.6 is 0 Å². The molecule has 4 rings (SSSR count). The maximum absolute atomic E-state index is 12.9. The van der Waals surface area contributed by atoms with Crippen molar-refractivity contribution in [3.8, 4) is 5.75 Å². The molecule has 1 heterocycles. The number of methoxy groups -OCH3 is 1. The summed E-state index contributed by atoms with van der Waals surface area (Å²) >= 11 is 0. The van der Waals surface area contributed by atoms with Crippen molar-refractivity contribution in [3.63, 3.8) is 0 Å². The van der Waals surface area contributed by atoms with Crippen LogP contribution in [-0.4, -0.2) is 38.4 Å². The lowest BCUT2D eigenvalue weighted by molar-refractivity contribution is 0.413. The number of fused-ring (bicyclic) bond motifs is 1. The maximum atomic E-state index is 12.9. The zero-order valence-corrected chi connectivity index (χ0v) is 15.7. The van der Waals surface area contributed by atoms with Gasteiger partial charge in [-0.25, -0.2) is 12.7 Å². The normalized spacial score (nSPS) is 16.1. The average molecular weight is 370 g/mol. The van der Waals surface area contributed by atoms with Crippen LogP contribution in [0.4, 0.5) is 0 Å². The lowest BCUT2D eigenvalue weighted by atomic mass is 9.95. The van der Waals surface area contributed by atoms with Crippen LogP contribution in [0.1, 0.15) is 18.4 Å². The summed E-state index contributed by atoms with van der Waals surface area (Å²) in [6.45, 7) is 0.475. The summed E-state index contributed by atoms with van der Waals surface area (Å²) in [5.74, 6) is 0.643. The third-order valence-corrected chi connectivity index (χ3v) is 7.12. The van der Waals surface area contributed by atoms with Crippen LogP contribution in [0.2, 0.25) is 0 Å². The molecular formula is C20H22N2O3S.